The fraction of sp³-hybridized carbons (Fsp3) is 0.909. The van der Waals surface area contributed by atoms with Crippen LogP contribution in [0.15, 0.2) is 5.10 Å². The zero-order chi connectivity index (χ0) is 10.4. The molecule has 0 saturated carbocycles. The van der Waals surface area contributed by atoms with Gasteiger partial charge in [0, 0.05) is 19.0 Å². The molecule has 3 heteroatoms. The lowest BCUT2D eigenvalue weighted by Crippen LogP contribution is -2.29. The summed E-state index contributed by atoms with van der Waals surface area (Å²) in [4.78, 5) is 2.37. The number of hydrogen-bond acceptors (Lipinski definition) is 3. The molecule has 1 unspecified atom stereocenters. The molecule has 3 nitrogen and oxygen atoms in total. The van der Waals surface area contributed by atoms with E-state index in [4.69, 9.17) is 0 Å². The first-order valence-corrected chi connectivity index (χ1v) is 5.75. The lowest BCUT2D eigenvalue weighted by molar-refractivity contribution is 0.380. The molecule has 1 fully saturated rings. The van der Waals surface area contributed by atoms with Gasteiger partial charge in [-0.25, -0.2) is 0 Å². The van der Waals surface area contributed by atoms with Crippen LogP contribution in [0.5, 0.6) is 0 Å². The summed E-state index contributed by atoms with van der Waals surface area (Å²) in [6.45, 7) is 7.51. The van der Waals surface area contributed by atoms with Crippen LogP contribution in [0, 0.1) is 5.92 Å². The molecule has 1 saturated heterocycles. The minimum atomic E-state index is 0.694. The van der Waals surface area contributed by atoms with Gasteiger partial charge in [0.15, 0.2) is 0 Å². The molecule has 0 aliphatic carbocycles. The van der Waals surface area contributed by atoms with E-state index in [0.29, 0.717) is 5.92 Å². The Morgan fingerprint density at radius 2 is 2.29 bits per heavy atom. The summed E-state index contributed by atoms with van der Waals surface area (Å²) in [7, 11) is 2.18. The van der Waals surface area contributed by atoms with Crippen molar-refractivity contribution in [2.24, 2.45) is 11.0 Å². The van der Waals surface area contributed by atoms with Gasteiger partial charge in [0.25, 0.3) is 0 Å². The van der Waals surface area contributed by atoms with Crippen molar-refractivity contribution in [1.82, 2.24) is 10.3 Å². The van der Waals surface area contributed by atoms with Gasteiger partial charge in [0.05, 0.1) is 5.71 Å². The average Bonchev–Trinajstić information content (AvgIpc) is 2.36. The number of rotatable bonds is 3. The number of likely N-dealkylation sites (tertiary alicyclic amines) is 1. The van der Waals surface area contributed by atoms with Crippen molar-refractivity contribution in [3.63, 3.8) is 0 Å². The van der Waals surface area contributed by atoms with Crippen LogP contribution in [-0.4, -0.2) is 37.3 Å². The Hall–Kier alpha value is -0.570. The molecule has 0 aromatic carbocycles. The Balaban J connectivity index is 2.62. The highest BCUT2D eigenvalue weighted by Crippen LogP contribution is 2.17. The standard InChI is InChI=1S/C11H23N3/c1-4-10-7-6-8-14(3)9-11(10)13-12-5-2/h10,12H,4-9H2,1-3H3/b13-11-. The fourth-order valence-corrected chi connectivity index (χ4v) is 2.01. The predicted octanol–water partition coefficient (Wildman–Crippen LogP) is 1.70. The van der Waals surface area contributed by atoms with E-state index in [1.165, 1.54) is 31.5 Å². The zero-order valence-electron chi connectivity index (χ0n) is 9.71. The van der Waals surface area contributed by atoms with Crippen LogP contribution in [0.3, 0.4) is 0 Å². The second-order valence-corrected chi connectivity index (χ2v) is 4.10. The fourth-order valence-electron chi connectivity index (χ4n) is 2.01. The third-order valence-corrected chi connectivity index (χ3v) is 2.87. The van der Waals surface area contributed by atoms with Gasteiger partial charge in [0.1, 0.15) is 0 Å². The maximum absolute atomic E-state index is 4.49. The highest BCUT2D eigenvalue weighted by atomic mass is 15.3. The van der Waals surface area contributed by atoms with Crippen molar-refractivity contribution in [3.05, 3.63) is 0 Å². The molecule has 0 radical (unpaired) electrons. The molecule has 82 valence electrons. The number of hydrazone groups is 1. The summed E-state index contributed by atoms with van der Waals surface area (Å²) in [5.74, 6) is 0.694. The third kappa shape index (κ3) is 3.29. The number of nitrogens with one attached hydrogen (secondary N) is 1. The van der Waals surface area contributed by atoms with Gasteiger partial charge in [-0.05, 0) is 39.8 Å². The van der Waals surface area contributed by atoms with E-state index >= 15 is 0 Å². The summed E-state index contributed by atoms with van der Waals surface area (Å²) in [5, 5.41) is 4.49. The summed E-state index contributed by atoms with van der Waals surface area (Å²) in [6, 6.07) is 0. The zero-order valence-corrected chi connectivity index (χ0v) is 9.71. The Morgan fingerprint density at radius 1 is 1.50 bits per heavy atom. The number of hydrogen-bond donors (Lipinski definition) is 1. The first kappa shape index (κ1) is 11.5. The summed E-state index contributed by atoms with van der Waals surface area (Å²) in [6.07, 6.45) is 3.82. The van der Waals surface area contributed by atoms with Crippen molar-refractivity contribution >= 4 is 5.71 Å². The van der Waals surface area contributed by atoms with Crippen LogP contribution in [0.2, 0.25) is 0 Å². The smallest absolute Gasteiger partial charge is 0.0548 e. The minimum absolute atomic E-state index is 0.694. The molecule has 1 atom stereocenters. The van der Waals surface area contributed by atoms with Crippen LogP contribution in [0.4, 0.5) is 0 Å². The SMILES string of the molecule is CCN/N=C1/CN(C)CCCC1CC. The van der Waals surface area contributed by atoms with Gasteiger partial charge in [-0.2, -0.15) is 5.10 Å². The summed E-state index contributed by atoms with van der Waals surface area (Å²) in [5.41, 5.74) is 4.43. The van der Waals surface area contributed by atoms with E-state index in [2.05, 4.69) is 36.3 Å². The predicted molar refractivity (Wildman–Crippen MR) is 61.6 cm³/mol. The highest BCUT2D eigenvalue weighted by molar-refractivity contribution is 5.88. The lowest BCUT2D eigenvalue weighted by atomic mass is 9.96. The summed E-state index contributed by atoms with van der Waals surface area (Å²) >= 11 is 0. The first-order valence-electron chi connectivity index (χ1n) is 5.75. The van der Waals surface area contributed by atoms with Gasteiger partial charge in [-0.3, -0.25) is 0 Å². The van der Waals surface area contributed by atoms with Crippen LogP contribution in [0.25, 0.3) is 0 Å². The van der Waals surface area contributed by atoms with Gasteiger partial charge in [-0.1, -0.05) is 6.92 Å². The van der Waals surface area contributed by atoms with Crippen molar-refractivity contribution in [3.8, 4) is 0 Å². The Bertz CT molecular complexity index is 189. The quantitative estimate of drug-likeness (QED) is 0.697. The topological polar surface area (TPSA) is 27.6 Å². The molecule has 0 spiro atoms. The van der Waals surface area contributed by atoms with E-state index < -0.39 is 0 Å². The average molecular weight is 197 g/mol. The van der Waals surface area contributed by atoms with Crippen LogP contribution >= 0.6 is 0 Å². The molecular formula is C11H23N3. The minimum Gasteiger partial charge on any atom is -0.310 e. The van der Waals surface area contributed by atoms with Crippen molar-refractivity contribution in [2.75, 3.05) is 26.7 Å². The monoisotopic (exact) mass is 197 g/mol. The second kappa shape index (κ2) is 6.02. The first-order chi connectivity index (χ1) is 6.77. The van der Waals surface area contributed by atoms with E-state index in [-0.39, 0.29) is 0 Å². The van der Waals surface area contributed by atoms with E-state index in [0.717, 1.165) is 13.1 Å². The molecule has 1 aliphatic rings. The molecular weight excluding hydrogens is 174 g/mol. The second-order valence-electron chi connectivity index (χ2n) is 4.10. The highest BCUT2D eigenvalue weighted by Gasteiger charge is 2.19. The molecule has 1 aliphatic heterocycles. The molecule has 0 amide bonds. The number of nitrogens with zero attached hydrogens (tertiary/aromatic N) is 2. The normalized spacial score (nSPS) is 27.6. The van der Waals surface area contributed by atoms with Crippen LogP contribution in [-0.2, 0) is 0 Å². The maximum atomic E-state index is 4.49. The Kier molecular flexibility index (Phi) is 4.94. The van der Waals surface area contributed by atoms with Gasteiger partial charge < -0.3 is 10.3 Å². The molecule has 0 aromatic heterocycles. The lowest BCUT2D eigenvalue weighted by Gasteiger charge is -2.16. The Morgan fingerprint density at radius 3 is 2.93 bits per heavy atom. The Labute approximate surface area is 87.6 Å². The van der Waals surface area contributed by atoms with Gasteiger partial charge >= 0.3 is 0 Å². The van der Waals surface area contributed by atoms with E-state index in [1.54, 1.807) is 0 Å². The van der Waals surface area contributed by atoms with Crippen molar-refractivity contribution in [2.45, 2.75) is 33.1 Å². The van der Waals surface area contributed by atoms with Crippen LogP contribution < -0.4 is 5.43 Å². The van der Waals surface area contributed by atoms with Crippen LogP contribution in [0.1, 0.15) is 33.1 Å². The van der Waals surface area contributed by atoms with E-state index in [1.807, 2.05) is 0 Å². The van der Waals surface area contributed by atoms with Gasteiger partial charge in [-0.15, -0.1) is 0 Å². The largest absolute Gasteiger partial charge is 0.310 e. The maximum Gasteiger partial charge on any atom is 0.0548 e. The molecule has 1 heterocycles. The molecule has 0 aromatic rings. The third-order valence-electron chi connectivity index (χ3n) is 2.87. The molecule has 1 N–H and O–H groups in total. The summed E-state index contributed by atoms with van der Waals surface area (Å²) < 4.78 is 0. The van der Waals surface area contributed by atoms with Crippen molar-refractivity contribution < 1.29 is 0 Å². The molecule has 14 heavy (non-hydrogen) atoms. The van der Waals surface area contributed by atoms with E-state index in [9.17, 15) is 0 Å². The van der Waals surface area contributed by atoms with Crippen molar-refractivity contribution in [1.29, 1.82) is 0 Å². The molecule has 0 bridgehead atoms. The van der Waals surface area contributed by atoms with Gasteiger partial charge in [0.2, 0.25) is 0 Å². The molecule has 1 rings (SSSR count).